The monoisotopic (exact) mass is 278 g/mol. The molecule has 2 nitrogen and oxygen atoms in total. The molecule has 1 fully saturated rings. The molecule has 2 rings (SSSR count). The summed E-state index contributed by atoms with van der Waals surface area (Å²) in [5, 5.41) is 12.1. The lowest BCUT2D eigenvalue weighted by Crippen LogP contribution is -2.02. The molecule has 1 aromatic rings. The average Bonchev–Trinajstić information content (AvgIpc) is 3.10. The lowest BCUT2D eigenvalue weighted by Gasteiger charge is -2.08. The van der Waals surface area contributed by atoms with Crippen LogP contribution in [0.25, 0.3) is 0 Å². The van der Waals surface area contributed by atoms with Gasteiger partial charge in [-0.3, -0.25) is 0 Å². The van der Waals surface area contributed by atoms with Crippen LogP contribution < -0.4 is 5.32 Å². The van der Waals surface area contributed by atoms with E-state index in [2.05, 4.69) is 27.3 Å². The highest BCUT2D eigenvalue weighted by Gasteiger charge is 2.19. The summed E-state index contributed by atoms with van der Waals surface area (Å²) in [7, 11) is 0. The van der Waals surface area contributed by atoms with Crippen molar-refractivity contribution in [2.45, 2.75) is 25.7 Å². The van der Waals surface area contributed by atoms with Crippen molar-refractivity contribution >= 4 is 21.6 Å². The van der Waals surface area contributed by atoms with Gasteiger partial charge in [0.15, 0.2) is 0 Å². The van der Waals surface area contributed by atoms with E-state index in [0.717, 1.165) is 22.6 Å². The maximum atomic E-state index is 8.74. The minimum atomic E-state index is 0.690. The largest absolute Gasteiger partial charge is 0.384 e. The third-order valence-electron chi connectivity index (χ3n) is 2.90. The van der Waals surface area contributed by atoms with E-state index in [-0.39, 0.29) is 0 Å². The Hall–Kier alpha value is -1.01. The maximum absolute atomic E-state index is 8.74. The lowest BCUT2D eigenvalue weighted by molar-refractivity contribution is 0.687. The summed E-state index contributed by atoms with van der Waals surface area (Å²) >= 11 is 3.47. The first-order valence-electron chi connectivity index (χ1n) is 5.73. The van der Waals surface area contributed by atoms with E-state index in [0.29, 0.717) is 5.56 Å². The Balaban J connectivity index is 1.81. The average molecular weight is 279 g/mol. The minimum Gasteiger partial charge on any atom is -0.384 e. The molecule has 0 heterocycles. The molecule has 84 valence electrons. The Bertz CT molecular complexity index is 405. The van der Waals surface area contributed by atoms with Crippen molar-refractivity contribution in [1.29, 1.82) is 5.26 Å². The molecule has 0 aliphatic heterocycles. The predicted octanol–water partition coefficient (Wildman–Crippen LogP) is 3.92. The topological polar surface area (TPSA) is 35.8 Å². The van der Waals surface area contributed by atoms with Crippen LogP contribution in [0.5, 0.6) is 0 Å². The highest BCUT2D eigenvalue weighted by Crippen LogP contribution is 2.33. The van der Waals surface area contributed by atoms with Crippen molar-refractivity contribution in [3.05, 3.63) is 28.2 Å². The van der Waals surface area contributed by atoms with Crippen LogP contribution in [-0.2, 0) is 0 Å². The number of anilines is 1. The number of nitrogens with one attached hydrogen (secondary N) is 1. The lowest BCUT2D eigenvalue weighted by atomic mass is 10.2. The van der Waals surface area contributed by atoms with Crippen molar-refractivity contribution in [1.82, 2.24) is 0 Å². The molecule has 3 heteroatoms. The molecular weight excluding hydrogens is 264 g/mol. The quantitative estimate of drug-likeness (QED) is 0.829. The van der Waals surface area contributed by atoms with Crippen molar-refractivity contribution in [3.63, 3.8) is 0 Å². The number of halogens is 1. The van der Waals surface area contributed by atoms with Crippen molar-refractivity contribution in [3.8, 4) is 6.07 Å². The smallest absolute Gasteiger partial charge is 0.0992 e. The van der Waals surface area contributed by atoms with Crippen LogP contribution in [0.4, 0.5) is 5.69 Å². The zero-order valence-corrected chi connectivity index (χ0v) is 10.8. The van der Waals surface area contributed by atoms with Gasteiger partial charge in [0.2, 0.25) is 0 Å². The van der Waals surface area contributed by atoms with Crippen LogP contribution in [0.2, 0.25) is 0 Å². The highest BCUT2D eigenvalue weighted by molar-refractivity contribution is 9.10. The van der Waals surface area contributed by atoms with Gasteiger partial charge in [0.05, 0.1) is 11.6 Å². The first-order chi connectivity index (χ1) is 7.79. The molecule has 0 bridgehead atoms. The van der Waals surface area contributed by atoms with Gasteiger partial charge < -0.3 is 5.32 Å². The Morgan fingerprint density at radius 2 is 2.25 bits per heavy atom. The summed E-state index contributed by atoms with van der Waals surface area (Å²) in [6.45, 7) is 1.01. The fourth-order valence-electron chi connectivity index (χ4n) is 1.75. The van der Waals surface area contributed by atoms with Crippen LogP contribution in [0.15, 0.2) is 22.7 Å². The van der Waals surface area contributed by atoms with Gasteiger partial charge >= 0.3 is 0 Å². The zero-order chi connectivity index (χ0) is 11.4. The van der Waals surface area contributed by atoms with Crippen molar-refractivity contribution < 1.29 is 0 Å². The van der Waals surface area contributed by atoms with E-state index in [4.69, 9.17) is 5.26 Å². The fourth-order valence-corrected chi connectivity index (χ4v) is 2.27. The fraction of sp³-hybridized carbons (Fsp3) is 0.462. The van der Waals surface area contributed by atoms with Crippen molar-refractivity contribution in [2.24, 2.45) is 5.92 Å². The van der Waals surface area contributed by atoms with E-state index in [1.807, 2.05) is 18.2 Å². The van der Waals surface area contributed by atoms with Gasteiger partial charge in [0.25, 0.3) is 0 Å². The molecule has 16 heavy (non-hydrogen) atoms. The molecule has 0 radical (unpaired) electrons. The van der Waals surface area contributed by atoms with E-state index < -0.39 is 0 Å². The number of benzene rings is 1. The summed E-state index contributed by atoms with van der Waals surface area (Å²) in [5.41, 5.74) is 1.77. The maximum Gasteiger partial charge on any atom is 0.0992 e. The Morgan fingerprint density at radius 1 is 1.44 bits per heavy atom. The van der Waals surface area contributed by atoms with E-state index >= 15 is 0 Å². The first kappa shape index (κ1) is 11.5. The van der Waals surface area contributed by atoms with Gasteiger partial charge in [-0.2, -0.15) is 5.26 Å². The second-order valence-electron chi connectivity index (χ2n) is 4.32. The molecule has 0 spiro atoms. The summed E-state index contributed by atoms with van der Waals surface area (Å²) in [4.78, 5) is 0. The SMILES string of the molecule is N#Cc1ccc(NCCCC2CC2)c(Br)c1. The molecule has 0 unspecified atom stereocenters. The molecule has 1 N–H and O–H groups in total. The highest BCUT2D eigenvalue weighted by atomic mass is 79.9. The van der Waals surface area contributed by atoms with E-state index in [1.54, 1.807) is 0 Å². The summed E-state index contributed by atoms with van der Waals surface area (Å²) < 4.78 is 0.970. The summed E-state index contributed by atoms with van der Waals surface area (Å²) in [6, 6.07) is 7.78. The molecule has 0 aromatic heterocycles. The predicted molar refractivity (Wildman–Crippen MR) is 69.3 cm³/mol. The zero-order valence-electron chi connectivity index (χ0n) is 9.17. The van der Waals surface area contributed by atoms with Crippen molar-refractivity contribution in [2.75, 3.05) is 11.9 Å². The molecule has 0 amide bonds. The third-order valence-corrected chi connectivity index (χ3v) is 3.56. The number of hydrogen-bond donors (Lipinski definition) is 1. The number of hydrogen-bond acceptors (Lipinski definition) is 2. The summed E-state index contributed by atoms with van der Waals surface area (Å²) in [6.07, 6.45) is 5.44. The van der Waals surface area contributed by atoms with E-state index in [9.17, 15) is 0 Å². The molecular formula is C13H15BrN2. The van der Waals surface area contributed by atoms with Crippen LogP contribution in [0.3, 0.4) is 0 Å². The van der Waals surface area contributed by atoms with Crippen LogP contribution >= 0.6 is 15.9 Å². The molecule has 1 aromatic carbocycles. The van der Waals surface area contributed by atoms with Crippen LogP contribution in [-0.4, -0.2) is 6.54 Å². The molecule has 0 atom stereocenters. The first-order valence-corrected chi connectivity index (χ1v) is 6.52. The summed E-state index contributed by atoms with van der Waals surface area (Å²) in [5.74, 6) is 1.01. The van der Waals surface area contributed by atoms with Crippen LogP contribution in [0.1, 0.15) is 31.2 Å². The second kappa shape index (κ2) is 5.36. The third kappa shape index (κ3) is 3.24. The number of rotatable bonds is 5. The Kier molecular flexibility index (Phi) is 3.84. The van der Waals surface area contributed by atoms with Gasteiger partial charge in [-0.05, 0) is 52.9 Å². The number of nitrogens with zero attached hydrogens (tertiary/aromatic N) is 1. The van der Waals surface area contributed by atoms with Gasteiger partial charge in [0, 0.05) is 16.7 Å². The molecule has 1 aliphatic carbocycles. The van der Waals surface area contributed by atoms with E-state index in [1.165, 1.54) is 25.7 Å². The Morgan fingerprint density at radius 3 is 2.88 bits per heavy atom. The molecule has 0 saturated heterocycles. The van der Waals surface area contributed by atoms with Gasteiger partial charge in [0.1, 0.15) is 0 Å². The van der Waals surface area contributed by atoms with Gasteiger partial charge in [-0.25, -0.2) is 0 Å². The molecule has 1 saturated carbocycles. The van der Waals surface area contributed by atoms with Gasteiger partial charge in [-0.15, -0.1) is 0 Å². The standard InChI is InChI=1S/C13H15BrN2/c14-12-8-11(9-15)5-6-13(12)16-7-1-2-10-3-4-10/h5-6,8,10,16H,1-4,7H2. The molecule has 1 aliphatic rings. The number of nitriles is 1. The minimum absolute atomic E-state index is 0.690. The second-order valence-corrected chi connectivity index (χ2v) is 5.17. The normalized spacial score (nSPS) is 14.5. The van der Waals surface area contributed by atoms with Gasteiger partial charge in [-0.1, -0.05) is 12.8 Å². The van der Waals surface area contributed by atoms with Crippen LogP contribution in [0, 0.1) is 17.2 Å². The Labute approximate surface area is 105 Å².